The minimum Gasteiger partial charge on any atom is -0.380 e. The van der Waals surface area contributed by atoms with Gasteiger partial charge in [-0.3, -0.25) is 29.0 Å². The largest absolute Gasteiger partial charge is 0.380 e. The molecule has 3 aliphatic rings. The zero-order valence-electron chi connectivity index (χ0n) is 26.6. The number of thioether (sulfide) groups is 4. The summed E-state index contributed by atoms with van der Waals surface area (Å²) in [6.45, 7) is 6.26. The number of carbonyl (C=O) groups excluding carboxylic acids is 4. The van der Waals surface area contributed by atoms with Crippen molar-refractivity contribution in [2.24, 2.45) is 23.7 Å². The van der Waals surface area contributed by atoms with Crippen molar-refractivity contribution in [2.75, 3.05) is 123 Å². The first-order valence-corrected chi connectivity index (χ1v) is 22.0. The van der Waals surface area contributed by atoms with Crippen molar-refractivity contribution in [3.63, 3.8) is 0 Å². The first-order chi connectivity index (χ1) is 22.5. The first kappa shape index (κ1) is 40.6. The number of ether oxygens (including phenoxy) is 4. The van der Waals surface area contributed by atoms with Gasteiger partial charge in [0, 0.05) is 59.1 Å². The minimum absolute atomic E-state index is 0.281. The highest BCUT2D eigenvalue weighted by Gasteiger charge is 2.73. The Morgan fingerprint density at radius 3 is 0.978 bits per heavy atom. The van der Waals surface area contributed by atoms with E-state index in [-0.39, 0.29) is 23.6 Å². The number of hydrogen-bond acceptors (Lipinski definition) is 14. The van der Waals surface area contributed by atoms with E-state index in [2.05, 4.69) is 25.3 Å². The van der Waals surface area contributed by atoms with Crippen LogP contribution >= 0.6 is 72.3 Å². The maximum atomic E-state index is 13.1. The monoisotopic (exact) mass is 758 g/mol. The normalized spacial score (nSPS) is 22.2. The van der Waals surface area contributed by atoms with E-state index >= 15 is 0 Å². The Bertz CT molecular complexity index is 818. The smallest absolute Gasteiger partial charge is 0.233 e. The van der Waals surface area contributed by atoms with Crippen LogP contribution in [0.4, 0.5) is 0 Å². The van der Waals surface area contributed by atoms with Gasteiger partial charge in [0.2, 0.25) is 23.6 Å². The number of imide groups is 2. The third-order valence-electron chi connectivity index (χ3n) is 7.80. The van der Waals surface area contributed by atoms with Gasteiger partial charge in [0.1, 0.15) is 0 Å². The molecular formula is C30H50N2O8S6. The third kappa shape index (κ3) is 12.8. The lowest BCUT2D eigenvalue weighted by Gasteiger charge is -2.36. The van der Waals surface area contributed by atoms with E-state index in [1.807, 2.05) is 23.5 Å². The molecule has 2 heterocycles. The second-order valence-electron chi connectivity index (χ2n) is 10.8. The summed E-state index contributed by atoms with van der Waals surface area (Å²) in [6.07, 6.45) is 1.36. The topological polar surface area (TPSA) is 112 Å². The molecule has 46 heavy (non-hydrogen) atoms. The fraction of sp³-hybridized carbons (Fsp3) is 0.867. The summed E-state index contributed by atoms with van der Waals surface area (Å²) < 4.78 is 22.1. The van der Waals surface area contributed by atoms with Gasteiger partial charge < -0.3 is 18.9 Å². The number of rotatable bonds is 30. The van der Waals surface area contributed by atoms with Crippen molar-refractivity contribution in [1.29, 1.82) is 0 Å². The first-order valence-electron chi connectivity index (χ1n) is 16.1. The molecule has 0 spiro atoms. The lowest BCUT2D eigenvalue weighted by Crippen LogP contribution is -2.50. The highest BCUT2D eigenvalue weighted by molar-refractivity contribution is 7.99. The van der Waals surface area contributed by atoms with E-state index in [0.717, 1.165) is 70.7 Å². The summed E-state index contributed by atoms with van der Waals surface area (Å²) in [6, 6.07) is 0. The SMILES string of the molecule is O=C1C2C(C(=O)N1CCCSCCOCCSCCOCCS)C1C(=O)N(CCCSCCOCCSCCOCCS)C(=O)C21. The number of carbonyl (C=O) groups is 4. The Hall–Kier alpha value is 0.220. The lowest BCUT2D eigenvalue weighted by atomic mass is 9.59. The van der Waals surface area contributed by atoms with Crippen LogP contribution < -0.4 is 0 Å². The molecule has 1 saturated carbocycles. The van der Waals surface area contributed by atoms with E-state index in [1.54, 1.807) is 23.5 Å². The summed E-state index contributed by atoms with van der Waals surface area (Å²) >= 11 is 15.3. The van der Waals surface area contributed by atoms with Crippen LogP contribution in [0.15, 0.2) is 0 Å². The van der Waals surface area contributed by atoms with Crippen molar-refractivity contribution < 1.29 is 38.1 Å². The van der Waals surface area contributed by atoms with Crippen LogP contribution in [-0.2, 0) is 38.1 Å². The van der Waals surface area contributed by atoms with Gasteiger partial charge >= 0.3 is 0 Å². The fourth-order valence-corrected chi connectivity index (χ4v) is 8.81. The number of thiol groups is 2. The molecule has 0 aromatic rings. The van der Waals surface area contributed by atoms with Crippen LogP contribution in [0.2, 0.25) is 0 Å². The summed E-state index contributed by atoms with van der Waals surface area (Å²) in [5, 5.41) is 0. The summed E-state index contributed by atoms with van der Waals surface area (Å²) in [7, 11) is 0. The fourth-order valence-electron chi connectivity index (χ4n) is 5.66. The van der Waals surface area contributed by atoms with E-state index < -0.39 is 23.7 Å². The van der Waals surface area contributed by atoms with Crippen molar-refractivity contribution in [1.82, 2.24) is 9.80 Å². The number of fused-ring (bicyclic) bond motifs is 4. The van der Waals surface area contributed by atoms with Gasteiger partial charge in [-0.1, -0.05) is 0 Å². The third-order valence-corrected chi connectivity index (χ3v) is 12.0. The van der Waals surface area contributed by atoms with E-state index in [0.29, 0.717) is 65.6 Å². The molecule has 0 unspecified atom stereocenters. The molecule has 2 saturated heterocycles. The molecule has 264 valence electrons. The Balaban J connectivity index is 1.20. The Morgan fingerprint density at radius 1 is 0.435 bits per heavy atom. The maximum Gasteiger partial charge on any atom is 0.233 e. The molecule has 0 bridgehead atoms. The summed E-state index contributed by atoms with van der Waals surface area (Å²) in [5.74, 6) is 4.79. The average molecular weight is 759 g/mol. The number of amides is 4. The van der Waals surface area contributed by atoms with Crippen molar-refractivity contribution in [3.8, 4) is 0 Å². The molecule has 16 heteroatoms. The van der Waals surface area contributed by atoms with Gasteiger partial charge in [0.15, 0.2) is 0 Å². The molecule has 0 aromatic carbocycles. The maximum absolute atomic E-state index is 13.1. The molecular weight excluding hydrogens is 709 g/mol. The van der Waals surface area contributed by atoms with Crippen LogP contribution in [0, 0.1) is 23.7 Å². The predicted molar refractivity (Wildman–Crippen MR) is 197 cm³/mol. The second kappa shape index (κ2) is 24.4. The van der Waals surface area contributed by atoms with E-state index in [1.165, 1.54) is 9.80 Å². The number of nitrogens with zero attached hydrogens (tertiary/aromatic N) is 2. The van der Waals surface area contributed by atoms with Crippen LogP contribution in [0.5, 0.6) is 0 Å². The highest BCUT2D eigenvalue weighted by Crippen LogP contribution is 2.56. The molecule has 10 nitrogen and oxygen atoms in total. The van der Waals surface area contributed by atoms with Gasteiger partial charge in [0.25, 0.3) is 0 Å². The standard InChI is InChI=1S/C30H50N2O8S6/c33-27-23-24(28(34)31(27)3-1-15-43-17-9-39-11-21-45-19-7-37-5-13-41)26-25(23)29(35)32(30(26)36)4-2-16-44-18-10-40-12-22-46-20-8-38-6-14-42/h23-26,41-42H,1-22H2. The zero-order valence-corrected chi connectivity index (χ0v) is 31.6. The Kier molecular flexibility index (Phi) is 21.5. The van der Waals surface area contributed by atoms with Gasteiger partial charge in [-0.2, -0.15) is 72.3 Å². The van der Waals surface area contributed by atoms with E-state index in [9.17, 15) is 19.2 Å². The van der Waals surface area contributed by atoms with Crippen LogP contribution in [0.1, 0.15) is 12.8 Å². The van der Waals surface area contributed by atoms with E-state index in [4.69, 9.17) is 18.9 Å². The number of likely N-dealkylation sites (tertiary alicyclic amines) is 2. The quantitative estimate of drug-likeness (QED) is 0.0639. The van der Waals surface area contributed by atoms with Crippen LogP contribution in [-0.4, -0.2) is 157 Å². The molecule has 1 aliphatic carbocycles. The van der Waals surface area contributed by atoms with Gasteiger partial charge in [0.05, 0.1) is 76.5 Å². The zero-order chi connectivity index (χ0) is 33.0. The second-order valence-corrected chi connectivity index (χ2v) is 16.6. The van der Waals surface area contributed by atoms with Crippen LogP contribution in [0.25, 0.3) is 0 Å². The highest BCUT2D eigenvalue weighted by atomic mass is 32.2. The average Bonchev–Trinajstić information content (AvgIpc) is 3.35. The van der Waals surface area contributed by atoms with Crippen molar-refractivity contribution in [2.45, 2.75) is 12.8 Å². The molecule has 3 fully saturated rings. The van der Waals surface area contributed by atoms with Gasteiger partial charge in [-0.15, -0.1) is 0 Å². The van der Waals surface area contributed by atoms with Crippen molar-refractivity contribution in [3.05, 3.63) is 0 Å². The Morgan fingerprint density at radius 2 is 0.696 bits per heavy atom. The van der Waals surface area contributed by atoms with Crippen molar-refractivity contribution >= 4 is 95.9 Å². The Labute approximate surface area is 302 Å². The predicted octanol–water partition coefficient (Wildman–Crippen LogP) is 2.84. The molecule has 0 atom stereocenters. The molecule has 0 radical (unpaired) electrons. The number of hydrogen-bond donors (Lipinski definition) is 2. The molecule has 4 amide bonds. The van der Waals surface area contributed by atoms with Gasteiger partial charge in [-0.05, 0) is 24.3 Å². The summed E-state index contributed by atoms with van der Waals surface area (Å²) in [5.41, 5.74) is 0. The lowest BCUT2D eigenvalue weighted by molar-refractivity contribution is -0.146. The summed E-state index contributed by atoms with van der Waals surface area (Å²) in [4.78, 5) is 55.0. The molecule has 2 aliphatic heterocycles. The van der Waals surface area contributed by atoms with Gasteiger partial charge in [-0.25, -0.2) is 0 Å². The molecule has 3 rings (SSSR count). The minimum atomic E-state index is -0.669. The van der Waals surface area contributed by atoms with Crippen LogP contribution in [0.3, 0.4) is 0 Å². The molecule has 0 N–H and O–H groups in total. The molecule has 0 aromatic heterocycles.